The Morgan fingerprint density at radius 2 is 1.56 bits per heavy atom. The number of carbonyl (C=O) groups excluding carboxylic acids is 2. The first-order chi connectivity index (χ1) is 12.0. The molecule has 0 fully saturated rings. The number of hydrogen-bond acceptors (Lipinski definition) is 3. The third kappa shape index (κ3) is 5.65. The molecule has 0 unspecified atom stereocenters. The van der Waals surface area contributed by atoms with Crippen LogP contribution in [0.15, 0.2) is 55.1 Å². The molecule has 0 aliphatic heterocycles. The predicted octanol–water partition coefficient (Wildman–Crippen LogP) is 2.92. The van der Waals surface area contributed by atoms with Crippen molar-refractivity contribution in [3.8, 4) is 0 Å². The van der Waals surface area contributed by atoms with Crippen molar-refractivity contribution in [2.75, 3.05) is 6.54 Å². The molecule has 0 heterocycles. The Labute approximate surface area is 152 Å². The zero-order chi connectivity index (χ0) is 18.2. The van der Waals surface area contributed by atoms with E-state index in [4.69, 9.17) is 11.6 Å². The highest BCUT2D eigenvalue weighted by molar-refractivity contribution is 6.30. The molecule has 130 valence electrons. The van der Waals surface area contributed by atoms with E-state index in [1.165, 1.54) is 5.56 Å². The lowest BCUT2D eigenvalue weighted by molar-refractivity contribution is -0.120. The van der Waals surface area contributed by atoms with E-state index < -0.39 is 0 Å². The van der Waals surface area contributed by atoms with E-state index in [1.54, 1.807) is 24.3 Å². The predicted molar refractivity (Wildman–Crippen MR) is 99.9 cm³/mol. The Morgan fingerprint density at radius 1 is 0.960 bits per heavy atom. The molecule has 2 amide bonds. The van der Waals surface area contributed by atoms with Gasteiger partial charge in [0.15, 0.2) is 0 Å². The lowest BCUT2D eigenvalue weighted by Gasteiger charge is -2.12. The number of aryl methyl sites for hydroxylation is 1. The molecule has 0 aliphatic rings. The summed E-state index contributed by atoms with van der Waals surface area (Å²) in [5.41, 5.74) is 8.36. The van der Waals surface area contributed by atoms with E-state index in [0.717, 1.165) is 12.0 Å². The van der Waals surface area contributed by atoms with Gasteiger partial charge in [-0.25, -0.2) is 0 Å². The average Bonchev–Trinajstić information content (AvgIpc) is 2.64. The van der Waals surface area contributed by atoms with Crippen LogP contribution in [-0.2, 0) is 11.2 Å². The monoisotopic (exact) mass is 357 g/mol. The van der Waals surface area contributed by atoms with Crippen LogP contribution in [0.2, 0.25) is 5.02 Å². The zero-order valence-corrected chi connectivity index (χ0v) is 14.7. The van der Waals surface area contributed by atoms with Gasteiger partial charge in [0.25, 0.3) is 11.8 Å². The third-order valence-corrected chi connectivity index (χ3v) is 3.83. The maximum Gasteiger partial charge on any atom is 0.257 e. The maximum atomic E-state index is 11.9. The van der Waals surface area contributed by atoms with Crippen LogP contribution in [0.1, 0.15) is 28.4 Å². The molecule has 2 aromatic carbocycles. The molecule has 0 saturated carbocycles. The molecule has 2 aromatic rings. The van der Waals surface area contributed by atoms with Crippen LogP contribution >= 0.6 is 11.6 Å². The van der Waals surface area contributed by atoms with Gasteiger partial charge >= 0.3 is 0 Å². The van der Waals surface area contributed by atoms with Gasteiger partial charge in [0.1, 0.15) is 0 Å². The van der Waals surface area contributed by atoms with Crippen molar-refractivity contribution in [1.82, 2.24) is 16.2 Å². The van der Waals surface area contributed by atoms with Crippen LogP contribution in [0.25, 0.3) is 5.70 Å². The number of hydrogen-bond donors (Lipinski definition) is 3. The first-order valence-corrected chi connectivity index (χ1v) is 8.24. The summed E-state index contributed by atoms with van der Waals surface area (Å²) < 4.78 is 0. The second-order valence-corrected chi connectivity index (χ2v) is 5.83. The number of amides is 2. The molecular weight excluding hydrogens is 338 g/mol. The standard InChI is InChI=1S/C19H20ClN3O2/c1-3-14-4-6-15(7-5-14)13(2)22-23-18(24)12-21-19(25)16-8-10-17(20)11-9-16/h4-11,22H,2-3,12H2,1H3,(H,21,25)(H,23,24). The van der Waals surface area contributed by atoms with E-state index in [1.807, 2.05) is 24.3 Å². The van der Waals surface area contributed by atoms with Crippen LogP contribution in [-0.4, -0.2) is 18.4 Å². The van der Waals surface area contributed by atoms with Crippen molar-refractivity contribution in [2.24, 2.45) is 0 Å². The summed E-state index contributed by atoms with van der Waals surface area (Å²) in [5.74, 6) is -0.727. The number of carbonyl (C=O) groups is 2. The SMILES string of the molecule is C=C(NNC(=O)CNC(=O)c1ccc(Cl)cc1)c1ccc(CC)cc1. The molecule has 0 bridgehead atoms. The summed E-state index contributed by atoms with van der Waals surface area (Å²) in [4.78, 5) is 23.7. The minimum Gasteiger partial charge on any atom is -0.343 e. The molecule has 0 aliphatic carbocycles. The quantitative estimate of drug-likeness (QED) is 0.667. The van der Waals surface area contributed by atoms with Gasteiger partial charge < -0.3 is 5.32 Å². The summed E-state index contributed by atoms with van der Waals surface area (Å²) >= 11 is 5.77. The molecule has 0 spiro atoms. The topological polar surface area (TPSA) is 70.2 Å². The summed E-state index contributed by atoms with van der Waals surface area (Å²) in [6, 6.07) is 14.3. The summed E-state index contributed by atoms with van der Waals surface area (Å²) in [6.45, 7) is 5.81. The Balaban J connectivity index is 1.77. The fourth-order valence-electron chi connectivity index (χ4n) is 2.07. The van der Waals surface area contributed by atoms with Gasteiger partial charge in [0, 0.05) is 10.6 Å². The highest BCUT2D eigenvalue weighted by Gasteiger charge is 2.08. The third-order valence-electron chi connectivity index (χ3n) is 3.58. The van der Waals surface area contributed by atoms with Crippen molar-refractivity contribution < 1.29 is 9.59 Å². The number of hydrazine groups is 1. The normalized spacial score (nSPS) is 10.0. The summed E-state index contributed by atoms with van der Waals surface area (Å²) in [7, 11) is 0. The van der Waals surface area contributed by atoms with Crippen LogP contribution in [0.4, 0.5) is 0 Å². The Hall–Kier alpha value is -2.79. The minimum atomic E-state index is -0.381. The largest absolute Gasteiger partial charge is 0.343 e. The Kier molecular flexibility index (Phi) is 6.60. The van der Waals surface area contributed by atoms with Crippen molar-refractivity contribution >= 4 is 29.1 Å². The van der Waals surface area contributed by atoms with E-state index in [2.05, 4.69) is 29.7 Å². The van der Waals surface area contributed by atoms with Gasteiger partial charge in [-0.15, -0.1) is 0 Å². The highest BCUT2D eigenvalue weighted by Crippen LogP contribution is 2.11. The van der Waals surface area contributed by atoms with Crippen molar-refractivity contribution in [3.05, 3.63) is 76.8 Å². The zero-order valence-electron chi connectivity index (χ0n) is 13.9. The van der Waals surface area contributed by atoms with Crippen LogP contribution in [0.5, 0.6) is 0 Å². The van der Waals surface area contributed by atoms with Crippen molar-refractivity contribution in [1.29, 1.82) is 0 Å². The molecule has 2 rings (SSSR count). The van der Waals surface area contributed by atoms with E-state index in [0.29, 0.717) is 16.3 Å². The second kappa shape index (κ2) is 8.89. The van der Waals surface area contributed by atoms with Crippen LogP contribution in [0.3, 0.4) is 0 Å². The van der Waals surface area contributed by atoms with Crippen LogP contribution < -0.4 is 16.2 Å². The Morgan fingerprint density at radius 3 is 2.16 bits per heavy atom. The van der Waals surface area contributed by atoms with Gasteiger partial charge in [0.05, 0.1) is 12.2 Å². The first kappa shape index (κ1) is 18.5. The molecule has 0 atom stereocenters. The number of nitrogens with one attached hydrogen (secondary N) is 3. The number of benzene rings is 2. The smallest absolute Gasteiger partial charge is 0.257 e. The molecule has 0 radical (unpaired) electrons. The number of rotatable bonds is 7. The minimum absolute atomic E-state index is 0.156. The first-order valence-electron chi connectivity index (χ1n) is 7.86. The molecule has 3 N–H and O–H groups in total. The molecule has 0 aromatic heterocycles. The van der Waals surface area contributed by atoms with Gasteiger partial charge in [-0.2, -0.15) is 0 Å². The number of halogens is 1. The fourth-order valence-corrected chi connectivity index (χ4v) is 2.19. The van der Waals surface area contributed by atoms with Gasteiger partial charge in [-0.3, -0.25) is 20.4 Å². The van der Waals surface area contributed by atoms with Crippen molar-refractivity contribution in [2.45, 2.75) is 13.3 Å². The summed E-state index contributed by atoms with van der Waals surface area (Å²) in [6.07, 6.45) is 0.963. The lowest BCUT2D eigenvalue weighted by atomic mass is 10.1. The molecule has 6 heteroatoms. The molecule has 5 nitrogen and oxygen atoms in total. The molecule has 25 heavy (non-hydrogen) atoms. The van der Waals surface area contributed by atoms with Gasteiger partial charge in [-0.1, -0.05) is 49.4 Å². The van der Waals surface area contributed by atoms with E-state index >= 15 is 0 Å². The van der Waals surface area contributed by atoms with Gasteiger partial charge in [0.2, 0.25) is 0 Å². The van der Waals surface area contributed by atoms with E-state index in [-0.39, 0.29) is 18.4 Å². The molecule has 0 saturated heterocycles. The second-order valence-electron chi connectivity index (χ2n) is 5.39. The lowest BCUT2D eigenvalue weighted by Crippen LogP contribution is -2.42. The van der Waals surface area contributed by atoms with E-state index in [9.17, 15) is 9.59 Å². The average molecular weight is 358 g/mol. The van der Waals surface area contributed by atoms with Crippen LogP contribution in [0, 0.1) is 0 Å². The highest BCUT2D eigenvalue weighted by atomic mass is 35.5. The Bertz CT molecular complexity index is 755. The fraction of sp³-hybridized carbons (Fsp3) is 0.158. The molecular formula is C19H20ClN3O2. The summed E-state index contributed by atoms with van der Waals surface area (Å²) in [5, 5.41) is 3.08. The van der Waals surface area contributed by atoms with Gasteiger partial charge in [-0.05, 0) is 41.8 Å². The van der Waals surface area contributed by atoms with Crippen molar-refractivity contribution in [3.63, 3.8) is 0 Å². The maximum absolute atomic E-state index is 11.9.